The minimum atomic E-state index is 0.444. The molecule has 3 nitrogen and oxygen atoms in total. The molecule has 1 aromatic carbocycles. The Hall–Kier alpha value is -1.90. The van der Waals surface area contributed by atoms with Crippen LogP contribution < -0.4 is 5.73 Å². The average molecular weight is 241 g/mol. The van der Waals surface area contributed by atoms with Crippen LogP contribution in [0.1, 0.15) is 36.8 Å². The Balaban J connectivity index is 2.04. The zero-order valence-electron chi connectivity index (χ0n) is 10.9. The maximum atomic E-state index is 5.76. The van der Waals surface area contributed by atoms with Crippen molar-refractivity contribution < 1.29 is 0 Å². The van der Waals surface area contributed by atoms with Crippen molar-refractivity contribution in [3.05, 3.63) is 53.6 Å². The molecule has 18 heavy (non-hydrogen) atoms. The number of rotatable bonds is 4. The molecule has 2 rings (SSSR count). The summed E-state index contributed by atoms with van der Waals surface area (Å²) in [6.07, 6.45) is 3.62. The smallest absolute Gasteiger partial charge is 0.128 e. The summed E-state index contributed by atoms with van der Waals surface area (Å²) in [7, 11) is 0. The Labute approximate surface area is 108 Å². The van der Waals surface area contributed by atoms with Crippen LogP contribution in [0.2, 0.25) is 0 Å². The Morgan fingerprint density at radius 2 is 2.00 bits per heavy atom. The van der Waals surface area contributed by atoms with Crippen LogP contribution in [0, 0.1) is 0 Å². The molecule has 0 aliphatic rings. The van der Waals surface area contributed by atoms with Crippen LogP contribution in [0.15, 0.2) is 36.5 Å². The van der Waals surface area contributed by atoms with E-state index in [1.54, 1.807) is 0 Å². The predicted molar refractivity (Wildman–Crippen MR) is 74.4 cm³/mol. The van der Waals surface area contributed by atoms with E-state index in [-0.39, 0.29) is 0 Å². The van der Waals surface area contributed by atoms with Gasteiger partial charge in [-0.1, -0.05) is 26.0 Å². The molecular formula is C15H19N3. The van der Waals surface area contributed by atoms with Crippen LogP contribution in [0.5, 0.6) is 0 Å². The second-order valence-corrected chi connectivity index (χ2v) is 4.80. The molecule has 3 heteroatoms. The minimum Gasteiger partial charge on any atom is -0.399 e. The summed E-state index contributed by atoms with van der Waals surface area (Å²) < 4.78 is 0. The number of benzene rings is 1. The molecule has 0 saturated carbocycles. The molecule has 0 aliphatic carbocycles. The molecule has 0 spiro atoms. The molecule has 1 heterocycles. The van der Waals surface area contributed by atoms with E-state index in [4.69, 9.17) is 5.73 Å². The van der Waals surface area contributed by atoms with Crippen molar-refractivity contribution in [2.75, 3.05) is 5.73 Å². The first kappa shape index (κ1) is 12.6. The summed E-state index contributed by atoms with van der Waals surface area (Å²) in [4.78, 5) is 8.88. The lowest BCUT2D eigenvalue weighted by Crippen LogP contribution is -2.02. The highest BCUT2D eigenvalue weighted by molar-refractivity contribution is 5.40. The van der Waals surface area contributed by atoms with Gasteiger partial charge in [0.1, 0.15) is 5.82 Å². The maximum Gasteiger partial charge on any atom is 0.128 e. The van der Waals surface area contributed by atoms with Gasteiger partial charge >= 0.3 is 0 Å². The van der Waals surface area contributed by atoms with Crippen LogP contribution in [0.4, 0.5) is 5.69 Å². The Morgan fingerprint density at radius 1 is 1.17 bits per heavy atom. The second kappa shape index (κ2) is 5.63. The second-order valence-electron chi connectivity index (χ2n) is 4.80. The van der Waals surface area contributed by atoms with Gasteiger partial charge in [-0.3, -0.25) is 0 Å². The highest BCUT2D eigenvalue weighted by atomic mass is 14.9. The SMILES string of the molecule is CC(C)c1ccnc(CCc2cccc(N)c2)n1. The van der Waals surface area contributed by atoms with Crippen molar-refractivity contribution in [1.29, 1.82) is 0 Å². The number of aromatic nitrogens is 2. The van der Waals surface area contributed by atoms with Gasteiger partial charge in [-0.05, 0) is 36.1 Å². The minimum absolute atomic E-state index is 0.444. The molecule has 0 fully saturated rings. The van der Waals surface area contributed by atoms with Gasteiger partial charge in [0.05, 0.1) is 0 Å². The van der Waals surface area contributed by atoms with Crippen LogP contribution in [-0.2, 0) is 12.8 Å². The Bertz CT molecular complexity index is 521. The van der Waals surface area contributed by atoms with Crippen molar-refractivity contribution in [2.24, 2.45) is 0 Å². The van der Waals surface area contributed by atoms with Crippen molar-refractivity contribution >= 4 is 5.69 Å². The first-order valence-corrected chi connectivity index (χ1v) is 6.31. The highest BCUT2D eigenvalue weighted by Crippen LogP contribution is 2.12. The van der Waals surface area contributed by atoms with Crippen LogP contribution >= 0.6 is 0 Å². The zero-order chi connectivity index (χ0) is 13.0. The molecule has 2 N–H and O–H groups in total. The molecule has 1 aromatic heterocycles. The number of hydrogen-bond donors (Lipinski definition) is 1. The van der Waals surface area contributed by atoms with E-state index in [1.807, 2.05) is 30.5 Å². The van der Waals surface area contributed by atoms with Crippen LogP contribution in [0.3, 0.4) is 0 Å². The molecule has 0 radical (unpaired) electrons. The van der Waals surface area contributed by atoms with Gasteiger partial charge in [-0.2, -0.15) is 0 Å². The maximum absolute atomic E-state index is 5.76. The van der Waals surface area contributed by atoms with Gasteiger partial charge in [-0.25, -0.2) is 9.97 Å². The summed E-state index contributed by atoms with van der Waals surface area (Å²) >= 11 is 0. The van der Waals surface area contributed by atoms with E-state index in [0.717, 1.165) is 30.0 Å². The normalized spacial score (nSPS) is 10.8. The highest BCUT2D eigenvalue weighted by Gasteiger charge is 2.03. The Morgan fingerprint density at radius 3 is 2.72 bits per heavy atom. The Kier molecular flexibility index (Phi) is 3.92. The first-order chi connectivity index (χ1) is 8.65. The van der Waals surface area contributed by atoms with E-state index < -0.39 is 0 Å². The standard InChI is InChI=1S/C15H19N3/c1-11(2)14-8-9-17-15(18-14)7-6-12-4-3-5-13(16)10-12/h3-5,8-11H,6-7,16H2,1-2H3. The summed E-state index contributed by atoms with van der Waals surface area (Å²) in [5.74, 6) is 1.35. The topological polar surface area (TPSA) is 51.8 Å². The van der Waals surface area contributed by atoms with Gasteiger partial charge < -0.3 is 5.73 Å². The zero-order valence-corrected chi connectivity index (χ0v) is 10.9. The molecule has 0 aliphatic heterocycles. The number of nitrogens with two attached hydrogens (primary N) is 1. The molecule has 0 atom stereocenters. The molecule has 0 unspecified atom stereocenters. The van der Waals surface area contributed by atoms with Crippen LogP contribution in [-0.4, -0.2) is 9.97 Å². The number of hydrogen-bond acceptors (Lipinski definition) is 3. The average Bonchev–Trinajstić information content (AvgIpc) is 2.37. The predicted octanol–water partition coefficient (Wildman–Crippen LogP) is 2.97. The number of anilines is 1. The fourth-order valence-electron chi connectivity index (χ4n) is 1.86. The third kappa shape index (κ3) is 3.29. The van der Waals surface area contributed by atoms with Gasteiger partial charge in [0.15, 0.2) is 0 Å². The van der Waals surface area contributed by atoms with E-state index in [1.165, 1.54) is 5.56 Å². The fourth-order valence-corrected chi connectivity index (χ4v) is 1.86. The summed E-state index contributed by atoms with van der Waals surface area (Å²) in [6, 6.07) is 9.96. The first-order valence-electron chi connectivity index (χ1n) is 6.31. The van der Waals surface area contributed by atoms with Crippen molar-refractivity contribution in [2.45, 2.75) is 32.6 Å². The summed E-state index contributed by atoms with van der Waals surface area (Å²) in [5, 5.41) is 0. The van der Waals surface area contributed by atoms with E-state index in [0.29, 0.717) is 5.92 Å². The third-order valence-electron chi connectivity index (χ3n) is 2.91. The lowest BCUT2D eigenvalue weighted by atomic mass is 10.1. The van der Waals surface area contributed by atoms with E-state index in [2.05, 4.69) is 29.9 Å². The van der Waals surface area contributed by atoms with E-state index >= 15 is 0 Å². The van der Waals surface area contributed by atoms with E-state index in [9.17, 15) is 0 Å². The lowest BCUT2D eigenvalue weighted by molar-refractivity contribution is 0.770. The molecule has 0 amide bonds. The van der Waals surface area contributed by atoms with Crippen LogP contribution in [0.25, 0.3) is 0 Å². The molecule has 0 bridgehead atoms. The van der Waals surface area contributed by atoms with Crippen molar-refractivity contribution in [3.8, 4) is 0 Å². The monoisotopic (exact) mass is 241 g/mol. The van der Waals surface area contributed by atoms with Crippen molar-refractivity contribution in [1.82, 2.24) is 9.97 Å². The molecule has 0 saturated heterocycles. The quantitative estimate of drug-likeness (QED) is 0.837. The number of nitrogen functional groups attached to an aromatic ring is 1. The van der Waals surface area contributed by atoms with Gasteiger partial charge in [0.2, 0.25) is 0 Å². The number of nitrogens with zero attached hydrogens (tertiary/aromatic N) is 2. The van der Waals surface area contributed by atoms with Gasteiger partial charge in [0, 0.05) is 24.0 Å². The summed E-state index contributed by atoms with van der Waals surface area (Å²) in [5.41, 5.74) is 8.90. The third-order valence-corrected chi connectivity index (χ3v) is 2.91. The lowest BCUT2D eigenvalue weighted by Gasteiger charge is -2.06. The van der Waals surface area contributed by atoms with Gasteiger partial charge in [0.25, 0.3) is 0 Å². The largest absolute Gasteiger partial charge is 0.399 e. The van der Waals surface area contributed by atoms with Gasteiger partial charge in [-0.15, -0.1) is 0 Å². The molecule has 2 aromatic rings. The number of aryl methyl sites for hydroxylation is 2. The molecule has 94 valence electrons. The fraction of sp³-hybridized carbons (Fsp3) is 0.333. The van der Waals surface area contributed by atoms with Crippen molar-refractivity contribution in [3.63, 3.8) is 0 Å². The molecular weight excluding hydrogens is 222 g/mol. The summed E-state index contributed by atoms with van der Waals surface area (Å²) in [6.45, 7) is 4.29.